The predicted octanol–water partition coefficient (Wildman–Crippen LogP) is 2.88. The second-order valence-corrected chi connectivity index (χ2v) is 5.13. The van der Waals surface area contributed by atoms with Crippen LogP contribution in [0.2, 0.25) is 0 Å². The largest absolute Gasteiger partial charge is 0.462 e. The van der Waals surface area contributed by atoms with Gasteiger partial charge in [0.25, 0.3) is 5.56 Å². The molecule has 3 aromatic rings. The van der Waals surface area contributed by atoms with Crippen LogP contribution in [-0.2, 0) is 4.74 Å². The van der Waals surface area contributed by atoms with E-state index in [0.717, 1.165) is 0 Å². The summed E-state index contributed by atoms with van der Waals surface area (Å²) < 4.78 is 6.22. The van der Waals surface area contributed by atoms with Gasteiger partial charge in [-0.05, 0) is 19.1 Å². The average molecular weight is 433 g/mol. The van der Waals surface area contributed by atoms with E-state index in [9.17, 15) is 14.4 Å². The second-order valence-electron chi connectivity index (χ2n) is 5.13. The van der Waals surface area contributed by atoms with Crippen molar-refractivity contribution < 1.29 is 14.3 Å². The molecule has 0 aliphatic heterocycles. The number of amides is 2. The second kappa shape index (κ2) is 15.2. The molecule has 170 valence electrons. The number of H-pyrrole nitrogens is 1. The third-order valence-electron chi connectivity index (χ3n) is 3.37. The van der Waals surface area contributed by atoms with Crippen LogP contribution >= 0.6 is 0 Å². The number of carbonyl (C=O) groups excluding carboxylic acids is 2. The van der Waals surface area contributed by atoms with Crippen molar-refractivity contribution in [2.75, 3.05) is 20.7 Å². The zero-order valence-electron chi connectivity index (χ0n) is 19.1. The molecule has 0 radical (unpaired) electrons. The Hall–Kier alpha value is -3.69. The Bertz CT molecular complexity index is 991. The van der Waals surface area contributed by atoms with Crippen LogP contribution in [0.5, 0.6) is 0 Å². The van der Waals surface area contributed by atoms with Crippen LogP contribution in [0.4, 0.5) is 4.79 Å². The highest BCUT2D eigenvalue weighted by Gasteiger charge is 2.12. The number of ether oxygens (including phenoxy) is 1. The number of nitrogens with one attached hydrogen (secondary N) is 3. The fourth-order valence-electron chi connectivity index (χ4n) is 2.07. The summed E-state index contributed by atoms with van der Waals surface area (Å²) in [6.07, 6.45) is 2.83. The lowest BCUT2D eigenvalue weighted by Crippen LogP contribution is -2.28. The van der Waals surface area contributed by atoms with Gasteiger partial charge in [0.05, 0.1) is 29.3 Å². The van der Waals surface area contributed by atoms with Crippen LogP contribution in [0.1, 0.15) is 45.0 Å². The summed E-state index contributed by atoms with van der Waals surface area (Å²) in [5.74, 6) is -0.221. The summed E-state index contributed by atoms with van der Waals surface area (Å²) in [6.45, 7) is 10.0. The van der Waals surface area contributed by atoms with Gasteiger partial charge in [0.15, 0.2) is 0 Å². The van der Waals surface area contributed by atoms with Crippen molar-refractivity contribution in [1.29, 1.82) is 0 Å². The van der Waals surface area contributed by atoms with Crippen molar-refractivity contribution in [3.8, 4) is 5.95 Å². The van der Waals surface area contributed by atoms with Crippen LogP contribution in [0.15, 0.2) is 41.5 Å². The van der Waals surface area contributed by atoms with Gasteiger partial charge in [-0.15, -0.1) is 0 Å². The number of esters is 1. The normalized spacial score (nSPS) is 9.00. The van der Waals surface area contributed by atoms with E-state index in [4.69, 9.17) is 4.74 Å². The lowest BCUT2D eigenvalue weighted by Gasteiger charge is -2.02. The molecular weight excluding hydrogens is 400 g/mol. The fraction of sp³-hybridized carbons (Fsp3) is 0.381. The molecule has 1 aromatic carbocycles. The Labute approximate surface area is 182 Å². The van der Waals surface area contributed by atoms with E-state index in [0.29, 0.717) is 16.5 Å². The molecule has 0 spiro atoms. The number of hydrogen-bond acceptors (Lipinski definition) is 6. The van der Waals surface area contributed by atoms with Crippen LogP contribution < -0.4 is 16.2 Å². The number of hydrogen-bond donors (Lipinski definition) is 3. The van der Waals surface area contributed by atoms with E-state index in [-0.39, 0.29) is 24.1 Å². The quantitative estimate of drug-likeness (QED) is 0.546. The fourth-order valence-corrected chi connectivity index (χ4v) is 2.07. The molecule has 2 heterocycles. The summed E-state index contributed by atoms with van der Waals surface area (Å²) >= 11 is 0. The Kier molecular flexibility index (Phi) is 13.4. The SMILES string of the molecule is CC.CC.CCOC(=O)c1cnn(-c2nc3ccccc3c(=O)[nH]2)c1.CNC(=O)NC. The number of nitrogens with zero attached hydrogens (tertiary/aromatic N) is 3. The minimum atomic E-state index is -0.466. The van der Waals surface area contributed by atoms with Crippen molar-refractivity contribution in [1.82, 2.24) is 30.4 Å². The maximum atomic E-state index is 12.0. The van der Waals surface area contributed by atoms with Crippen LogP contribution in [0, 0.1) is 0 Å². The number of carbonyl (C=O) groups is 2. The summed E-state index contributed by atoms with van der Waals surface area (Å²) in [7, 11) is 3.14. The van der Waals surface area contributed by atoms with Gasteiger partial charge in [-0.25, -0.2) is 19.3 Å². The molecule has 0 unspecified atom stereocenters. The highest BCUT2D eigenvalue weighted by Crippen LogP contribution is 2.09. The molecule has 3 N–H and O–H groups in total. The van der Waals surface area contributed by atoms with E-state index in [1.54, 1.807) is 45.3 Å². The first kappa shape index (κ1) is 27.3. The maximum absolute atomic E-state index is 12.0. The van der Waals surface area contributed by atoms with Gasteiger partial charge >= 0.3 is 12.0 Å². The molecular formula is C21H32N6O4. The highest BCUT2D eigenvalue weighted by molar-refractivity contribution is 5.88. The standard InChI is InChI=1S/C14H12N4O3.C3H8N2O.2C2H6/c1-2-21-13(20)9-7-15-18(8-9)14-16-11-6-4-3-5-10(11)12(19)17-14;1-4-3(6)5-2;2*1-2/h3-8H,2H2,1H3,(H,16,17,19);1-2H3,(H2,4,5,6);2*1-2H3. The van der Waals surface area contributed by atoms with E-state index in [2.05, 4.69) is 25.7 Å². The molecule has 0 bridgehead atoms. The Morgan fingerprint density at radius 2 is 1.71 bits per heavy atom. The van der Waals surface area contributed by atoms with Crippen molar-refractivity contribution >= 4 is 22.9 Å². The smallest absolute Gasteiger partial charge is 0.341 e. The summed E-state index contributed by atoms with van der Waals surface area (Å²) in [4.78, 5) is 40.5. The van der Waals surface area contributed by atoms with Crippen LogP contribution in [-0.4, -0.2) is 52.5 Å². The van der Waals surface area contributed by atoms with Crippen LogP contribution in [0.3, 0.4) is 0 Å². The molecule has 0 aliphatic carbocycles. The van der Waals surface area contributed by atoms with Gasteiger partial charge in [-0.1, -0.05) is 39.8 Å². The Morgan fingerprint density at radius 3 is 2.26 bits per heavy atom. The summed E-state index contributed by atoms with van der Waals surface area (Å²) in [5.41, 5.74) is 0.598. The number of aromatic amines is 1. The topological polar surface area (TPSA) is 131 Å². The number of fused-ring (bicyclic) bond motifs is 1. The number of para-hydroxylation sites is 1. The van der Waals surface area contributed by atoms with Gasteiger partial charge < -0.3 is 15.4 Å². The van der Waals surface area contributed by atoms with Crippen molar-refractivity contribution in [2.24, 2.45) is 0 Å². The third-order valence-corrected chi connectivity index (χ3v) is 3.37. The van der Waals surface area contributed by atoms with Gasteiger partial charge in [0.1, 0.15) is 0 Å². The first-order valence-electron chi connectivity index (χ1n) is 10.1. The molecule has 0 fully saturated rings. The molecule has 10 heteroatoms. The zero-order valence-corrected chi connectivity index (χ0v) is 19.1. The van der Waals surface area contributed by atoms with Gasteiger partial charge in [-0.2, -0.15) is 5.10 Å². The molecule has 0 aliphatic rings. The lowest BCUT2D eigenvalue weighted by atomic mass is 10.2. The molecule has 0 saturated heterocycles. The summed E-state index contributed by atoms with van der Waals surface area (Å²) in [5, 5.41) is 9.25. The molecule has 31 heavy (non-hydrogen) atoms. The van der Waals surface area contributed by atoms with Gasteiger partial charge in [0.2, 0.25) is 5.95 Å². The van der Waals surface area contributed by atoms with E-state index >= 15 is 0 Å². The molecule has 2 amide bonds. The van der Waals surface area contributed by atoms with Crippen molar-refractivity contribution in [3.05, 3.63) is 52.6 Å². The van der Waals surface area contributed by atoms with Crippen molar-refractivity contribution in [3.63, 3.8) is 0 Å². The van der Waals surface area contributed by atoms with Gasteiger partial charge in [0, 0.05) is 20.3 Å². The number of aromatic nitrogens is 4. The molecule has 0 atom stereocenters. The lowest BCUT2D eigenvalue weighted by molar-refractivity contribution is 0.0526. The first-order valence-corrected chi connectivity index (χ1v) is 10.1. The van der Waals surface area contributed by atoms with E-state index in [1.807, 2.05) is 27.7 Å². The Balaban J connectivity index is 0.000000771. The number of benzene rings is 1. The van der Waals surface area contributed by atoms with Gasteiger partial charge in [-0.3, -0.25) is 9.78 Å². The number of urea groups is 1. The first-order chi connectivity index (χ1) is 15.0. The number of rotatable bonds is 3. The van der Waals surface area contributed by atoms with Crippen molar-refractivity contribution in [2.45, 2.75) is 34.6 Å². The molecule has 2 aromatic heterocycles. The minimum Gasteiger partial charge on any atom is -0.462 e. The summed E-state index contributed by atoms with van der Waals surface area (Å²) in [6, 6.07) is 6.84. The highest BCUT2D eigenvalue weighted by atomic mass is 16.5. The molecule has 3 rings (SSSR count). The van der Waals surface area contributed by atoms with Crippen LogP contribution in [0.25, 0.3) is 16.9 Å². The third kappa shape index (κ3) is 8.29. The van der Waals surface area contributed by atoms with E-state index in [1.165, 1.54) is 17.1 Å². The monoisotopic (exact) mass is 432 g/mol. The zero-order chi connectivity index (χ0) is 23.8. The van der Waals surface area contributed by atoms with E-state index < -0.39 is 5.97 Å². The Morgan fingerprint density at radius 1 is 1.10 bits per heavy atom. The predicted molar refractivity (Wildman–Crippen MR) is 122 cm³/mol. The molecule has 10 nitrogen and oxygen atoms in total. The maximum Gasteiger partial charge on any atom is 0.341 e. The molecule has 0 saturated carbocycles. The minimum absolute atomic E-state index is 0.157. The average Bonchev–Trinajstić information content (AvgIpc) is 3.32.